The van der Waals surface area contributed by atoms with Gasteiger partial charge in [0, 0.05) is 38.3 Å². The number of benzene rings is 2. The number of carbonyl (C=O) groups excluding carboxylic acids is 1. The fourth-order valence-corrected chi connectivity index (χ4v) is 6.13. The number of rotatable bonds is 8. The van der Waals surface area contributed by atoms with Gasteiger partial charge in [-0.2, -0.15) is 0 Å². The number of likely N-dealkylation sites (N-methyl/N-ethyl adjacent to an activating group) is 1. The lowest BCUT2D eigenvalue weighted by Crippen LogP contribution is -2.47. The molecule has 0 saturated heterocycles. The van der Waals surface area contributed by atoms with E-state index >= 15 is 0 Å². The summed E-state index contributed by atoms with van der Waals surface area (Å²) >= 11 is 0. The maximum atomic E-state index is 14.1. The molecule has 2 aromatic rings. The molecule has 1 heterocycles. The number of halogens is 1. The lowest BCUT2D eigenvalue weighted by atomic mass is 10.0. The minimum Gasteiger partial charge on any atom is -0.490 e. The van der Waals surface area contributed by atoms with Gasteiger partial charge in [0.05, 0.1) is 41.6 Å². The number of ether oxygens (including phenoxy) is 2. The van der Waals surface area contributed by atoms with Crippen molar-refractivity contribution in [3.63, 3.8) is 0 Å². The highest BCUT2D eigenvalue weighted by Crippen LogP contribution is 2.29. The van der Waals surface area contributed by atoms with Crippen LogP contribution in [-0.4, -0.2) is 94.9 Å². The molecule has 0 aliphatic carbocycles. The molecule has 1 aliphatic heterocycles. The minimum absolute atomic E-state index is 0.0843. The Bertz CT molecular complexity index is 1450. The number of nitrogens with zero attached hydrogens (tertiary/aromatic N) is 2. The first kappa shape index (κ1) is 34.7. The Labute approximate surface area is 254 Å². The van der Waals surface area contributed by atoms with Gasteiger partial charge in [-0.1, -0.05) is 6.92 Å². The molecule has 2 N–H and O–H groups in total. The highest BCUT2D eigenvalue weighted by atomic mass is 32.2. The van der Waals surface area contributed by atoms with Gasteiger partial charge in [-0.3, -0.25) is 9.52 Å². The van der Waals surface area contributed by atoms with Crippen molar-refractivity contribution in [3.8, 4) is 5.75 Å². The van der Waals surface area contributed by atoms with Gasteiger partial charge >= 0.3 is 0 Å². The van der Waals surface area contributed by atoms with E-state index in [1.54, 1.807) is 6.92 Å². The smallest absolute Gasteiger partial charge is 0.261 e. The van der Waals surface area contributed by atoms with Crippen molar-refractivity contribution in [2.24, 2.45) is 5.92 Å². The van der Waals surface area contributed by atoms with Crippen LogP contribution in [0.15, 0.2) is 47.4 Å². The van der Waals surface area contributed by atoms with Gasteiger partial charge in [0.25, 0.3) is 15.9 Å². The molecule has 240 valence electrons. The summed E-state index contributed by atoms with van der Waals surface area (Å²) in [7, 11) is -6.11. The Balaban J connectivity index is 2.02. The highest BCUT2D eigenvalue weighted by Gasteiger charge is 2.31. The fourth-order valence-electron chi connectivity index (χ4n) is 4.67. The average Bonchev–Trinajstić information content (AvgIpc) is 2.94. The van der Waals surface area contributed by atoms with E-state index in [2.05, 4.69) is 4.72 Å². The van der Waals surface area contributed by atoms with Crippen LogP contribution in [0.4, 0.5) is 10.1 Å². The van der Waals surface area contributed by atoms with Crippen molar-refractivity contribution < 1.29 is 40.6 Å². The van der Waals surface area contributed by atoms with E-state index in [1.165, 1.54) is 34.5 Å². The zero-order valence-electron chi connectivity index (χ0n) is 25.2. The first-order chi connectivity index (χ1) is 20.1. The molecule has 0 saturated carbocycles. The van der Waals surface area contributed by atoms with Gasteiger partial charge in [0.15, 0.2) is 0 Å². The molecule has 0 aromatic heterocycles. The van der Waals surface area contributed by atoms with Crippen LogP contribution in [0.3, 0.4) is 0 Å². The van der Waals surface area contributed by atoms with E-state index in [9.17, 15) is 31.1 Å². The SMILES string of the molecule is C[C@@H]1CCCCO[C@H](CN(C)S(C)(=O)=O)[C@@H](C)CN([C@H](C)CO)C(=O)c2cc(NS(=O)(=O)c3ccc(F)cc3)ccc2O1. The monoisotopic (exact) mass is 643 g/mol. The molecule has 4 atom stereocenters. The molecule has 2 aromatic carbocycles. The summed E-state index contributed by atoms with van der Waals surface area (Å²) < 4.78 is 79.6. The number of nitrogens with one attached hydrogen (secondary N) is 1. The molecule has 0 radical (unpaired) electrons. The van der Waals surface area contributed by atoms with Crippen LogP contribution in [0, 0.1) is 11.7 Å². The summed E-state index contributed by atoms with van der Waals surface area (Å²) in [5.74, 6) is -1.17. The highest BCUT2D eigenvalue weighted by molar-refractivity contribution is 7.92. The van der Waals surface area contributed by atoms with E-state index in [4.69, 9.17) is 9.47 Å². The Kier molecular flexibility index (Phi) is 11.9. The third kappa shape index (κ3) is 9.60. The number of amides is 1. The standard InChI is InChI=1S/C29H42FN3O8S2/c1-20-17-33(21(2)19-34)29(35)26-16-24(31-43(38,39)25-12-9-23(30)10-13-25)11-14-27(26)41-22(3)8-6-7-15-40-28(20)18-32(4)42(5,36)37/h9-14,16,20-22,28,31,34H,6-8,15,17-19H2,1-5H3/t20-,21+,22+,28+/m0/s1. The molecule has 0 unspecified atom stereocenters. The van der Waals surface area contributed by atoms with Crippen molar-refractivity contribution in [2.75, 3.05) is 44.3 Å². The molecule has 14 heteroatoms. The summed E-state index contributed by atoms with van der Waals surface area (Å²) in [5.41, 5.74) is 0.177. The Morgan fingerprint density at radius 3 is 2.42 bits per heavy atom. The molecule has 0 fully saturated rings. The van der Waals surface area contributed by atoms with Gasteiger partial charge in [0.1, 0.15) is 11.6 Å². The second-order valence-corrected chi connectivity index (χ2v) is 14.9. The van der Waals surface area contributed by atoms with Crippen molar-refractivity contribution in [3.05, 3.63) is 53.8 Å². The lowest BCUT2D eigenvalue weighted by Gasteiger charge is -2.35. The fraction of sp³-hybridized carbons (Fsp3) is 0.552. The van der Waals surface area contributed by atoms with Crippen molar-refractivity contribution in [2.45, 2.75) is 63.2 Å². The second-order valence-electron chi connectivity index (χ2n) is 11.1. The van der Waals surface area contributed by atoms with Crippen molar-refractivity contribution in [1.82, 2.24) is 9.21 Å². The summed E-state index contributed by atoms with van der Waals surface area (Å²) in [6, 6.07) is 8.10. The summed E-state index contributed by atoms with van der Waals surface area (Å²) in [5, 5.41) is 10.1. The zero-order valence-corrected chi connectivity index (χ0v) is 26.8. The number of hydrogen-bond acceptors (Lipinski definition) is 8. The number of anilines is 1. The number of fused-ring (bicyclic) bond motifs is 1. The number of aliphatic hydroxyl groups excluding tert-OH is 1. The van der Waals surface area contributed by atoms with Crippen molar-refractivity contribution >= 4 is 31.6 Å². The van der Waals surface area contributed by atoms with E-state index < -0.39 is 43.9 Å². The third-order valence-corrected chi connectivity index (χ3v) is 10.1. The molecule has 0 bridgehead atoms. The Morgan fingerprint density at radius 1 is 1.12 bits per heavy atom. The van der Waals surface area contributed by atoms with Crippen LogP contribution in [0.2, 0.25) is 0 Å². The minimum atomic E-state index is -4.10. The Morgan fingerprint density at radius 2 is 1.79 bits per heavy atom. The van der Waals surface area contributed by atoms with Crippen LogP contribution < -0.4 is 9.46 Å². The van der Waals surface area contributed by atoms with E-state index in [0.717, 1.165) is 36.9 Å². The molecular weight excluding hydrogens is 601 g/mol. The van der Waals surface area contributed by atoms with E-state index in [0.29, 0.717) is 19.4 Å². The van der Waals surface area contributed by atoms with Crippen LogP contribution in [0.1, 0.15) is 50.4 Å². The largest absolute Gasteiger partial charge is 0.490 e. The molecule has 1 aliphatic rings. The molecule has 43 heavy (non-hydrogen) atoms. The molecular formula is C29H42FN3O8S2. The summed E-state index contributed by atoms with van der Waals surface area (Å²) in [6.45, 7) is 5.64. The van der Waals surface area contributed by atoms with Gasteiger partial charge in [-0.05, 0) is 75.6 Å². The normalized spacial score (nSPS) is 21.9. The number of sulfonamides is 2. The van der Waals surface area contributed by atoms with Gasteiger partial charge in [-0.25, -0.2) is 25.5 Å². The molecule has 3 rings (SSSR count). The molecule has 0 spiro atoms. The topological polar surface area (TPSA) is 143 Å². The molecule has 1 amide bonds. The maximum absolute atomic E-state index is 14.1. The summed E-state index contributed by atoms with van der Waals surface area (Å²) in [6.07, 6.45) is 2.42. The van der Waals surface area contributed by atoms with E-state index in [1.807, 2.05) is 13.8 Å². The Hall–Kier alpha value is -2.78. The quantitative estimate of drug-likeness (QED) is 0.446. The van der Waals surface area contributed by atoms with Crippen LogP contribution in [-0.2, 0) is 24.8 Å². The third-order valence-electron chi connectivity index (χ3n) is 7.43. The second kappa shape index (κ2) is 14.8. The van der Waals surface area contributed by atoms with Gasteiger partial charge in [0.2, 0.25) is 10.0 Å². The average molecular weight is 644 g/mol. The zero-order chi connectivity index (χ0) is 31.9. The summed E-state index contributed by atoms with van der Waals surface area (Å²) in [4.78, 5) is 15.4. The van der Waals surface area contributed by atoms with Crippen molar-refractivity contribution in [1.29, 1.82) is 0 Å². The first-order valence-corrected chi connectivity index (χ1v) is 17.5. The van der Waals surface area contributed by atoms with Gasteiger partial charge < -0.3 is 19.5 Å². The lowest BCUT2D eigenvalue weighted by molar-refractivity contribution is -0.00828. The first-order valence-electron chi connectivity index (χ1n) is 14.2. The molecule has 11 nitrogen and oxygen atoms in total. The number of aliphatic hydroxyl groups is 1. The van der Waals surface area contributed by atoms with Crippen LogP contribution >= 0.6 is 0 Å². The predicted octanol–water partition coefficient (Wildman–Crippen LogP) is 3.31. The van der Waals surface area contributed by atoms with E-state index in [-0.39, 0.29) is 53.6 Å². The predicted molar refractivity (Wildman–Crippen MR) is 162 cm³/mol. The van der Waals surface area contributed by atoms with Crippen LogP contribution in [0.5, 0.6) is 5.75 Å². The van der Waals surface area contributed by atoms with Gasteiger partial charge in [-0.15, -0.1) is 0 Å². The number of hydrogen-bond donors (Lipinski definition) is 2. The van der Waals surface area contributed by atoms with Crippen LogP contribution in [0.25, 0.3) is 0 Å². The number of carbonyl (C=O) groups is 1. The maximum Gasteiger partial charge on any atom is 0.261 e.